The number of allylic oxidation sites excluding steroid dienone is 1. The van der Waals surface area contributed by atoms with Crippen LogP contribution in [0.25, 0.3) is 6.08 Å². The van der Waals surface area contributed by atoms with Crippen molar-refractivity contribution in [3.8, 4) is 0 Å². The van der Waals surface area contributed by atoms with Gasteiger partial charge in [0, 0.05) is 5.02 Å². The number of hydrogen-bond acceptors (Lipinski definition) is 5. The Balaban J connectivity index is 2.02. The van der Waals surface area contributed by atoms with Crippen LogP contribution in [0.15, 0.2) is 75.7 Å². The summed E-state index contributed by atoms with van der Waals surface area (Å²) in [7, 11) is 1.34. The molecule has 1 aromatic heterocycles. The first-order chi connectivity index (χ1) is 14.5. The molecule has 0 radical (unpaired) electrons. The zero-order valence-corrected chi connectivity index (χ0v) is 18.0. The summed E-state index contributed by atoms with van der Waals surface area (Å²) in [5.74, 6) is -0.482. The van der Waals surface area contributed by atoms with Crippen molar-refractivity contribution in [1.82, 2.24) is 4.57 Å². The molecule has 152 valence electrons. The first-order valence-corrected chi connectivity index (χ1v) is 10.7. The maximum atomic E-state index is 13.4. The zero-order valence-electron chi connectivity index (χ0n) is 16.5. The van der Waals surface area contributed by atoms with E-state index in [-0.39, 0.29) is 5.56 Å². The summed E-state index contributed by atoms with van der Waals surface area (Å²) in [6.07, 6.45) is 2.31. The van der Waals surface area contributed by atoms with Crippen molar-refractivity contribution in [2.24, 2.45) is 4.99 Å². The molecule has 3 aromatic rings. The van der Waals surface area contributed by atoms with Crippen molar-refractivity contribution in [1.29, 1.82) is 0 Å². The molecule has 0 unspecified atom stereocenters. The van der Waals surface area contributed by atoms with Gasteiger partial charge in [-0.2, -0.15) is 0 Å². The molecule has 7 heteroatoms. The predicted octanol–water partition coefficient (Wildman–Crippen LogP) is 3.45. The van der Waals surface area contributed by atoms with Crippen molar-refractivity contribution in [2.45, 2.75) is 19.4 Å². The SMILES string of the molecule is CCC1=C(C(=O)OC)[C@@H](c2ccccc2)n2c(s/c(=C\c3ccccc3Cl)c2=O)=N1. The van der Waals surface area contributed by atoms with E-state index in [0.717, 1.165) is 11.1 Å². The first-order valence-electron chi connectivity index (χ1n) is 9.47. The van der Waals surface area contributed by atoms with E-state index < -0.39 is 12.0 Å². The number of halogens is 1. The van der Waals surface area contributed by atoms with Gasteiger partial charge in [0.15, 0.2) is 4.80 Å². The average Bonchev–Trinajstić information content (AvgIpc) is 3.09. The number of fused-ring (bicyclic) bond motifs is 1. The fourth-order valence-corrected chi connectivity index (χ4v) is 4.75. The number of benzene rings is 2. The van der Waals surface area contributed by atoms with E-state index in [1.54, 1.807) is 16.7 Å². The molecular formula is C23H19ClN2O3S. The van der Waals surface area contributed by atoms with Gasteiger partial charge in [-0.25, -0.2) is 9.79 Å². The van der Waals surface area contributed by atoms with Gasteiger partial charge in [-0.1, -0.05) is 78.4 Å². The molecular weight excluding hydrogens is 420 g/mol. The minimum atomic E-state index is -0.599. The lowest BCUT2D eigenvalue weighted by molar-refractivity contribution is -0.136. The van der Waals surface area contributed by atoms with Gasteiger partial charge in [-0.3, -0.25) is 9.36 Å². The van der Waals surface area contributed by atoms with Crippen LogP contribution in [0.1, 0.15) is 30.5 Å². The fraction of sp³-hybridized carbons (Fsp3) is 0.174. The van der Waals surface area contributed by atoms with Crippen LogP contribution >= 0.6 is 22.9 Å². The highest BCUT2D eigenvalue weighted by molar-refractivity contribution is 7.07. The Labute approximate surface area is 182 Å². The van der Waals surface area contributed by atoms with Crippen LogP contribution in [0.5, 0.6) is 0 Å². The summed E-state index contributed by atoms with van der Waals surface area (Å²) in [6.45, 7) is 1.93. The molecule has 0 bridgehead atoms. The second kappa shape index (κ2) is 8.42. The highest BCUT2D eigenvalue weighted by Crippen LogP contribution is 2.31. The van der Waals surface area contributed by atoms with Gasteiger partial charge in [0.1, 0.15) is 0 Å². The molecule has 4 rings (SSSR count). The lowest BCUT2D eigenvalue weighted by Crippen LogP contribution is -2.40. The smallest absolute Gasteiger partial charge is 0.338 e. The Hall–Kier alpha value is -2.96. The third kappa shape index (κ3) is 3.53. The maximum absolute atomic E-state index is 13.4. The molecule has 0 fully saturated rings. The molecule has 1 atom stereocenters. The van der Waals surface area contributed by atoms with Crippen molar-refractivity contribution in [2.75, 3.05) is 7.11 Å². The summed E-state index contributed by atoms with van der Waals surface area (Å²) < 4.78 is 7.13. The number of carbonyl (C=O) groups excluding carboxylic acids is 1. The summed E-state index contributed by atoms with van der Waals surface area (Å²) in [5.41, 5.74) is 2.38. The standard InChI is InChI=1S/C23H19ClN2O3S/c1-3-17-19(22(28)29-2)20(14-9-5-4-6-10-14)26-21(27)18(30-23(26)25-17)13-15-11-7-8-12-16(15)24/h4-13,20H,3H2,1-2H3/b18-13-/t20-/m1/s1. The van der Waals surface area contributed by atoms with E-state index in [0.29, 0.717) is 32.0 Å². The molecule has 5 nitrogen and oxygen atoms in total. The second-order valence-corrected chi connectivity index (χ2v) is 8.14. The minimum absolute atomic E-state index is 0.218. The Morgan fingerprint density at radius 1 is 1.20 bits per heavy atom. The number of rotatable bonds is 4. The monoisotopic (exact) mass is 438 g/mol. The Morgan fingerprint density at radius 2 is 1.90 bits per heavy atom. The number of ether oxygens (including phenoxy) is 1. The third-order valence-corrected chi connectivity index (χ3v) is 6.28. The van der Waals surface area contributed by atoms with Gasteiger partial charge in [0.2, 0.25) is 0 Å². The highest BCUT2D eigenvalue weighted by atomic mass is 35.5. The lowest BCUT2D eigenvalue weighted by Gasteiger charge is -2.25. The number of aromatic nitrogens is 1. The maximum Gasteiger partial charge on any atom is 0.338 e. The number of thiazole rings is 1. The topological polar surface area (TPSA) is 60.7 Å². The van der Waals surface area contributed by atoms with Gasteiger partial charge < -0.3 is 4.74 Å². The van der Waals surface area contributed by atoms with E-state index in [4.69, 9.17) is 16.3 Å². The molecule has 0 saturated heterocycles. The van der Waals surface area contributed by atoms with Gasteiger partial charge >= 0.3 is 5.97 Å². The molecule has 0 aliphatic carbocycles. The molecule has 2 heterocycles. The normalized spacial score (nSPS) is 16.2. The van der Waals surface area contributed by atoms with E-state index in [9.17, 15) is 9.59 Å². The van der Waals surface area contributed by atoms with E-state index in [1.807, 2.05) is 55.5 Å². The van der Waals surface area contributed by atoms with Crippen LogP contribution in [0, 0.1) is 0 Å². The third-order valence-electron chi connectivity index (χ3n) is 4.96. The number of nitrogens with zero attached hydrogens (tertiary/aromatic N) is 2. The number of esters is 1. The van der Waals surface area contributed by atoms with Crippen LogP contribution in [0.3, 0.4) is 0 Å². The Kier molecular flexibility index (Phi) is 5.70. The molecule has 1 aliphatic rings. The van der Waals surface area contributed by atoms with Crippen LogP contribution in [-0.4, -0.2) is 17.6 Å². The van der Waals surface area contributed by atoms with Crippen LogP contribution in [0.4, 0.5) is 0 Å². The second-order valence-electron chi connectivity index (χ2n) is 6.72. The minimum Gasteiger partial charge on any atom is -0.466 e. The average molecular weight is 439 g/mol. The quantitative estimate of drug-likeness (QED) is 0.586. The van der Waals surface area contributed by atoms with Crippen molar-refractivity contribution >= 4 is 35.0 Å². The van der Waals surface area contributed by atoms with Gasteiger partial charge in [-0.05, 0) is 29.7 Å². The molecule has 0 spiro atoms. The Morgan fingerprint density at radius 3 is 2.57 bits per heavy atom. The lowest BCUT2D eigenvalue weighted by atomic mass is 9.95. The molecule has 0 amide bonds. The van der Waals surface area contributed by atoms with Crippen molar-refractivity contribution in [3.05, 3.63) is 102 Å². The Bertz CT molecular complexity index is 1320. The molecule has 0 saturated carbocycles. The first kappa shape index (κ1) is 20.3. The van der Waals surface area contributed by atoms with Gasteiger partial charge in [0.25, 0.3) is 5.56 Å². The largest absolute Gasteiger partial charge is 0.466 e. The van der Waals surface area contributed by atoms with E-state index in [2.05, 4.69) is 4.99 Å². The number of carbonyl (C=O) groups is 1. The molecule has 2 aromatic carbocycles. The summed E-state index contributed by atoms with van der Waals surface area (Å²) >= 11 is 7.57. The van der Waals surface area contributed by atoms with E-state index in [1.165, 1.54) is 18.4 Å². The fourth-order valence-electron chi connectivity index (χ4n) is 3.55. The number of hydrogen-bond donors (Lipinski definition) is 0. The predicted molar refractivity (Wildman–Crippen MR) is 118 cm³/mol. The van der Waals surface area contributed by atoms with Crippen LogP contribution in [-0.2, 0) is 9.53 Å². The summed E-state index contributed by atoms with van der Waals surface area (Å²) in [5, 5.41) is 0.562. The molecule has 30 heavy (non-hydrogen) atoms. The van der Waals surface area contributed by atoms with Gasteiger partial charge in [0.05, 0.1) is 29.0 Å². The summed E-state index contributed by atoms with van der Waals surface area (Å²) in [6, 6.07) is 16.2. The highest BCUT2D eigenvalue weighted by Gasteiger charge is 2.33. The molecule has 0 N–H and O–H groups in total. The van der Waals surface area contributed by atoms with Gasteiger partial charge in [-0.15, -0.1) is 0 Å². The van der Waals surface area contributed by atoms with Crippen molar-refractivity contribution < 1.29 is 9.53 Å². The number of methoxy groups -OCH3 is 1. The zero-order chi connectivity index (χ0) is 21.3. The molecule has 1 aliphatic heterocycles. The van der Waals surface area contributed by atoms with E-state index >= 15 is 0 Å². The van der Waals surface area contributed by atoms with Crippen LogP contribution < -0.4 is 14.9 Å². The van der Waals surface area contributed by atoms with Crippen molar-refractivity contribution in [3.63, 3.8) is 0 Å². The van der Waals surface area contributed by atoms with Crippen LogP contribution in [0.2, 0.25) is 5.02 Å². The summed E-state index contributed by atoms with van der Waals surface area (Å²) in [4.78, 5) is 31.3.